The minimum absolute atomic E-state index is 0. The fourth-order valence-corrected chi connectivity index (χ4v) is 4.09. The van der Waals surface area contributed by atoms with E-state index in [0.29, 0.717) is 12.1 Å². The predicted octanol–water partition coefficient (Wildman–Crippen LogP) is 3.09. The summed E-state index contributed by atoms with van der Waals surface area (Å²) >= 11 is 0. The molecule has 1 saturated heterocycles. The summed E-state index contributed by atoms with van der Waals surface area (Å²) in [4.78, 5) is 7.00. The first-order valence-corrected chi connectivity index (χ1v) is 9.15. The van der Waals surface area contributed by atoms with E-state index >= 15 is 0 Å². The molecule has 138 valence electrons. The quantitative estimate of drug-likeness (QED) is 0.414. The van der Waals surface area contributed by atoms with Crippen LogP contribution >= 0.6 is 24.0 Å². The van der Waals surface area contributed by atoms with E-state index in [1.165, 1.54) is 19.3 Å². The Morgan fingerprint density at radius 1 is 1.20 bits per heavy atom. The third kappa shape index (κ3) is 4.27. The van der Waals surface area contributed by atoms with Gasteiger partial charge in [-0.1, -0.05) is 18.2 Å². The largest absolute Gasteiger partial charge is 0.353 e. The van der Waals surface area contributed by atoms with Crippen LogP contribution in [-0.4, -0.2) is 48.6 Å². The topological polar surface area (TPSA) is 39.7 Å². The highest BCUT2D eigenvalue weighted by molar-refractivity contribution is 14.0. The Morgan fingerprint density at radius 2 is 1.96 bits per heavy atom. The van der Waals surface area contributed by atoms with Gasteiger partial charge in [-0.3, -0.25) is 9.89 Å². The molecule has 4 rings (SSSR count). The Hall–Kier alpha value is -0.890. The maximum atomic E-state index is 13.9. The zero-order valence-corrected chi connectivity index (χ0v) is 17.2. The Bertz CT molecular complexity index is 634. The molecule has 0 radical (unpaired) electrons. The van der Waals surface area contributed by atoms with Crippen molar-refractivity contribution in [3.63, 3.8) is 0 Å². The molecule has 3 aliphatic rings. The summed E-state index contributed by atoms with van der Waals surface area (Å²) in [5.74, 6) is 1.02. The average molecular weight is 458 g/mol. The molecule has 25 heavy (non-hydrogen) atoms. The van der Waals surface area contributed by atoms with Crippen molar-refractivity contribution in [2.24, 2.45) is 4.99 Å². The molecule has 0 bridgehead atoms. The van der Waals surface area contributed by atoms with Crippen LogP contribution in [0.1, 0.15) is 44.1 Å². The fraction of sp³-hybridized carbons (Fsp3) is 0.632. The highest BCUT2D eigenvalue weighted by Gasteiger charge is 2.42. The van der Waals surface area contributed by atoms with Crippen molar-refractivity contribution in [3.8, 4) is 0 Å². The summed E-state index contributed by atoms with van der Waals surface area (Å²) in [5, 5.41) is 7.04. The number of rotatable bonds is 4. The summed E-state index contributed by atoms with van der Waals surface area (Å²) in [5.41, 5.74) is 0.819. The molecule has 0 spiro atoms. The second-order valence-electron chi connectivity index (χ2n) is 7.54. The van der Waals surface area contributed by atoms with E-state index in [2.05, 4.69) is 27.4 Å². The van der Waals surface area contributed by atoms with Crippen LogP contribution in [0.2, 0.25) is 0 Å². The fourth-order valence-electron chi connectivity index (χ4n) is 4.09. The number of hydrogen-bond donors (Lipinski definition) is 2. The Balaban J connectivity index is 0.00000182. The maximum Gasteiger partial charge on any atom is 0.191 e. The van der Waals surface area contributed by atoms with Gasteiger partial charge in [-0.25, -0.2) is 4.39 Å². The van der Waals surface area contributed by atoms with Crippen molar-refractivity contribution in [3.05, 3.63) is 35.6 Å². The van der Waals surface area contributed by atoms with Gasteiger partial charge in [0.2, 0.25) is 0 Å². The van der Waals surface area contributed by atoms with E-state index in [9.17, 15) is 4.39 Å². The van der Waals surface area contributed by atoms with E-state index in [4.69, 9.17) is 0 Å². The number of halogens is 2. The molecule has 4 nitrogen and oxygen atoms in total. The summed E-state index contributed by atoms with van der Waals surface area (Å²) in [6, 6.07) is 9.30. The van der Waals surface area contributed by atoms with E-state index in [0.717, 1.165) is 30.5 Å². The first kappa shape index (κ1) is 18.9. The van der Waals surface area contributed by atoms with Crippen LogP contribution in [-0.2, 0) is 0 Å². The summed E-state index contributed by atoms with van der Waals surface area (Å²) < 4.78 is 13.9. The van der Waals surface area contributed by atoms with E-state index in [1.54, 1.807) is 12.1 Å². The van der Waals surface area contributed by atoms with Crippen LogP contribution in [0, 0.1) is 5.82 Å². The van der Waals surface area contributed by atoms with Crippen molar-refractivity contribution in [2.75, 3.05) is 13.6 Å². The number of benzene rings is 1. The number of hydrogen-bond acceptors (Lipinski definition) is 2. The van der Waals surface area contributed by atoms with Crippen molar-refractivity contribution in [1.82, 2.24) is 15.5 Å². The molecule has 0 aromatic heterocycles. The lowest BCUT2D eigenvalue weighted by atomic mass is 10.1. The van der Waals surface area contributed by atoms with E-state index in [-0.39, 0.29) is 41.8 Å². The Morgan fingerprint density at radius 3 is 2.64 bits per heavy atom. The minimum atomic E-state index is -0.0977. The number of aliphatic imine (C=N–C) groups is 1. The van der Waals surface area contributed by atoms with Gasteiger partial charge in [0.1, 0.15) is 5.82 Å². The molecule has 2 saturated carbocycles. The predicted molar refractivity (Wildman–Crippen MR) is 110 cm³/mol. The second-order valence-corrected chi connectivity index (χ2v) is 7.54. The zero-order chi connectivity index (χ0) is 16.7. The minimum Gasteiger partial charge on any atom is -0.353 e. The monoisotopic (exact) mass is 458 g/mol. The van der Waals surface area contributed by atoms with Crippen LogP contribution in [0.15, 0.2) is 29.3 Å². The molecule has 4 unspecified atom stereocenters. The van der Waals surface area contributed by atoms with Crippen molar-refractivity contribution in [1.29, 1.82) is 0 Å². The SMILES string of the molecule is CN=C(NC1CC(C)N(C2CC2)C1)NC1CC1c1ccccc1F.I. The summed E-state index contributed by atoms with van der Waals surface area (Å²) in [6.07, 6.45) is 4.85. The zero-order valence-electron chi connectivity index (χ0n) is 14.9. The molecular weight excluding hydrogens is 430 g/mol. The number of nitrogens with zero attached hydrogens (tertiary/aromatic N) is 2. The summed E-state index contributed by atoms with van der Waals surface area (Å²) in [7, 11) is 1.81. The van der Waals surface area contributed by atoms with Gasteiger partial charge in [0.15, 0.2) is 5.96 Å². The van der Waals surface area contributed by atoms with E-state index in [1.807, 2.05) is 19.2 Å². The van der Waals surface area contributed by atoms with Crippen LogP contribution in [0.5, 0.6) is 0 Å². The van der Waals surface area contributed by atoms with Gasteiger partial charge in [0.05, 0.1) is 0 Å². The second kappa shape index (κ2) is 7.78. The maximum absolute atomic E-state index is 13.9. The standard InChI is InChI=1S/C19H27FN4.HI/c1-12-9-13(11-24(12)14-7-8-14)22-19(21-2)23-18-10-16(18)15-5-3-4-6-17(15)20;/h3-6,12-14,16,18H,7-11H2,1-2H3,(H2,21,22,23);1H. The van der Waals surface area contributed by atoms with Gasteiger partial charge in [0.25, 0.3) is 0 Å². The third-order valence-electron chi connectivity index (χ3n) is 5.62. The highest BCUT2D eigenvalue weighted by Crippen LogP contribution is 2.41. The molecule has 1 aromatic rings. The molecule has 0 amide bonds. The normalized spacial score (nSPS) is 32.2. The van der Waals surface area contributed by atoms with Gasteiger partial charge in [-0.05, 0) is 44.2 Å². The summed E-state index contributed by atoms with van der Waals surface area (Å²) in [6.45, 7) is 3.43. The average Bonchev–Trinajstić information content (AvgIpc) is 3.48. The molecule has 3 fully saturated rings. The van der Waals surface area contributed by atoms with Crippen LogP contribution in [0.4, 0.5) is 4.39 Å². The number of nitrogens with one attached hydrogen (secondary N) is 2. The van der Waals surface area contributed by atoms with Gasteiger partial charge in [0, 0.05) is 43.7 Å². The van der Waals surface area contributed by atoms with E-state index < -0.39 is 0 Å². The molecule has 6 heteroatoms. The van der Waals surface area contributed by atoms with Gasteiger partial charge in [-0.2, -0.15) is 0 Å². The molecule has 1 aromatic carbocycles. The lowest BCUT2D eigenvalue weighted by Crippen LogP contribution is -2.45. The Labute approximate surface area is 166 Å². The van der Waals surface area contributed by atoms with Crippen molar-refractivity contribution in [2.45, 2.75) is 62.7 Å². The number of likely N-dealkylation sites (tertiary alicyclic amines) is 1. The van der Waals surface area contributed by atoms with Gasteiger partial charge < -0.3 is 10.6 Å². The molecule has 1 aliphatic heterocycles. The molecule has 2 aliphatic carbocycles. The van der Waals surface area contributed by atoms with Crippen LogP contribution < -0.4 is 10.6 Å². The first-order chi connectivity index (χ1) is 11.7. The highest BCUT2D eigenvalue weighted by atomic mass is 127. The van der Waals surface area contributed by atoms with Crippen LogP contribution in [0.25, 0.3) is 0 Å². The molecule has 4 atom stereocenters. The van der Waals surface area contributed by atoms with Gasteiger partial charge in [-0.15, -0.1) is 24.0 Å². The first-order valence-electron chi connectivity index (χ1n) is 9.15. The third-order valence-corrected chi connectivity index (χ3v) is 5.62. The van der Waals surface area contributed by atoms with Crippen LogP contribution in [0.3, 0.4) is 0 Å². The van der Waals surface area contributed by atoms with Gasteiger partial charge >= 0.3 is 0 Å². The lowest BCUT2D eigenvalue weighted by molar-refractivity contribution is 0.256. The molecular formula is C19H28FIN4. The van der Waals surface area contributed by atoms with Crippen molar-refractivity contribution < 1.29 is 4.39 Å². The molecule has 2 N–H and O–H groups in total. The van der Waals surface area contributed by atoms with Crippen molar-refractivity contribution >= 4 is 29.9 Å². The number of guanidine groups is 1. The lowest BCUT2D eigenvalue weighted by Gasteiger charge is -2.20. The Kier molecular flexibility index (Phi) is 5.88. The smallest absolute Gasteiger partial charge is 0.191 e. The molecule has 1 heterocycles.